The van der Waals surface area contributed by atoms with Crippen molar-refractivity contribution in [2.45, 2.75) is 10.2 Å². The SMILES string of the molecule is CCS(=O)(=O)C(I)C(=O)c1ccc(Br)cc1. The zero-order valence-electron chi connectivity index (χ0n) is 8.48. The first-order valence-corrected chi connectivity index (χ1v) is 8.29. The highest BCUT2D eigenvalue weighted by Crippen LogP contribution is 2.19. The van der Waals surface area contributed by atoms with Crippen LogP contribution < -0.4 is 0 Å². The van der Waals surface area contributed by atoms with Gasteiger partial charge in [-0.05, 0) is 12.1 Å². The molecule has 0 aliphatic carbocycles. The lowest BCUT2D eigenvalue weighted by Gasteiger charge is -2.08. The van der Waals surface area contributed by atoms with Crippen molar-refractivity contribution in [1.29, 1.82) is 0 Å². The maximum Gasteiger partial charge on any atom is 0.190 e. The monoisotopic (exact) mass is 416 g/mol. The van der Waals surface area contributed by atoms with Gasteiger partial charge in [-0.15, -0.1) is 0 Å². The molecule has 0 saturated carbocycles. The summed E-state index contributed by atoms with van der Waals surface area (Å²) >= 11 is 4.93. The van der Waals surface area contributed by atoms with Crippen molar-refractivity contribution in [3.8, 4) is 0 Å². The van der Waals surface area contributed by atoms with E-state index in [1.807, 2.05) is 0 Å². The first-order valence-electron chi connectivity index (χ1n) is 4.54. The lowest BCUT2D eigenvalue weighted by molar-refractivity contribution is 0.101. The van der Waals surface area contributed by atoms with E-state index < -0.39 is 13.1 Å². The fourth-order valence-corrected chi connectivity index (χ4v) is 3.51. The molecule has 0 radical (unpaired) electrons. The average molecular weight is 417 g/mol. The molecule has 1 aromatic carbocycles. The van der Waals surface area contributed by atoms with Gasteiger partial charge in [0.1, 0.15) is 0 Å². The smallest absolute Gasteiger partial charge is 0.190 e. The number of carbonyl (C=O) groups is 1. The molecule has 6 heteroatoms. The Morgan fingerprint density at radius 3 is 2.31 bits per heavy atom. The molecule has 0 spiro atoms. The fourth-order valence-electron chi connectivity index (χ4n) is 1.05. The summed E-state index contributed by atoms with van der Waals surface area (Å²) in [7, 11) is -3.33. The van der Waals surface area contributed by atoms with Crippen molar-refractivity contribution >= 4 is 54.1 Å². The molecule has 88 valence electrons. The number of sulfone groups is 1. The van der Waals surface area contributed by atoms with Crippen LogP contribution in [0.5, 0.6) is 0 Å². The van der Waals surface area contributed by atoms with Gasteiger partial charge >= 0.3 is 0 Å². The predicted octanol–water partition coefficient (Wildman–Crippen LogP) is 2.83. The molecule has 0 aliphatic heterocycles. The van der Waals surface area contributed by atoms with Crippen LogP contribution >= 0.6 is 38.5 Å². The number of rotatable bonds is 4. The number of Topliss-reactive ketones (excluding diaryl/α,β-unsaturated/α-hetero) is 1. The van der Waals surface area contributed by atoms with E-state index in [1.165, 1.54) is 6.92 Å². The van der Waals surface area contributed by atoms with Crippen molar-refractivity contribution < 1.29 is 13.2 Å². The van der Waals surface area contributed by atoms with E-state index >= 15 is 0 Å². The molecule has 0 N–H and O–H groups in total. The molecule has 0 heterocycles. The third kappa shape index (κ3) is 3.27. The van der Waals surface area contributed by atoms with E-state index in [0.29, 0.717) is 5.56 Å². The first kappa shape index (κ1) is 14.1. The molecule has 1 unspecified atom stereocenters. The van der Waals surface area contributed by atoms with Crippen LogP contribution in [0.3, 0.4) is 0 Å². The molecule has 1 aromatic rings. The highest BCUT2D eigenvalue weighted by molar-refractivity contribution is 14.1. The van der Waals surface area contributed by atoms with E-state index in [9.17, 15) is 13.2 Å². The highest BCUT2D eigenvalue weighted by Gasteiger charge is 2.28. The van der Waals surface area contributed by atoms with Gasteiger partial charge in [0.05, 0.1) is 0 Å². The molecule has 0 aromatic heterocycles. The van der Waals surface area contributed by atoms with Gasteiger partial charge in [-0.3, -0.25) is 4.79 Å². The van der Waals surface area contributed by atoms with Crippen molar-refractivity contribution in [2.75, 3.05) is 5.75 Å². The Morgan fingerprint density at radius 2 is 1.88 bits per heavy atom. The quantitative estimate of drug-likeness (QED) is 0.430. The molecule has 3 nitrogen and oxygen atoms in total. The van der Waals surface area contributed by atoms with E-state index in [2.05, 4.69) is 15.9 Å². The number of alkyl halides is 1. The summed E-state index contributed by atoms with van der Waals surface area (Å²) in [6, 6.07) is 6.66. The molecule has 0 saturated heterocycles. The Balaban J connectivity index is 2.99. The molecule has 16 heavy (non-hydrogen) atoms. The highest BCUT2D eigenvalue weighted by atomic mass is 127. The summed E-state index contributed by atoms with van der Waals surface area (Å²) in [5, 5.41) is 0. The number of ketones is 1. The van der Waals surface area contributed by atoms with Gasteiger partial charge < -0.3 is 0 Å². The van der Waals surface area contributed by atoms with Crippen LogP contribution in [0.1, 0.15) is 17.3 Å². The Labute approximate surface area is 117 Å². The second-order valence-electron chi connectivity index (χ2n) is 3.14. The minimum Gasteiger partial charge on any atom is -0.292 e. The summed E-state index contributed by atoms with van der Waals surface area (Å²) in [6.07, 6.45) is 0. The Kier molecular flexibility index (Phi) is 4.93. The standard InChI is InChI=1S/C10H10BrIO3S/c1-2-16(14,15)10(12)9(13)7-3-5-8(11)6-4-7/h3-6,10H,2H2,1H3. The summed E-state index contributed by atoms with van der Waals surface area (Å²) in [4.78, 5) is 11.9. The van der Waals surface area contributed by atoms with E-state index in [1.54, 1.807) is 46.9 Å². The molecule has 0 bridgehead atoms. The molecule has 0 aliphatic rings. The second kappa shape index (κ2) is 5.59. The maximum absolute atomic E-state index is 11.9. The minimum absolute atomic E-state index is 0.0249. The van der Waals surface area contributed by atoms with Gasteiger partial charge in [-0.1, -0.05) is 57.6 Å². The number of hydrogen-bond donors (Lipinski definition) is 0. The zero-order chi connectivity index (χ0) is 12.3. The summed E-state index contributed by atoms with van der Waals surface area (Å²) < 4.78 is 22.9. The van der Waals surface area contributed by atoms with Crippen molar-refractivity contribution in [2.24, 2.45) is 0 Å². The number of carbonyl (C=O) groups excluding carboxylic acids is 1. The minimum atomic E-state index is -3.33. The third-order valence-electron chi connectivity index (χ3n) is 2.05. The lowest BCUT2D eigenvalue weighted by Crippen LogP contribution is -2.25. The second-order valence-corrected chi connectivity index (χ2v) is 8.52. The Morgan fingerprint density at radius 1 is 1.38 bits per heavy atom. The van der Waals surface area contributed by atoms with Crippen LogP contribution in [-0.4, -0.2) is 23.2 Å². The average Bonchev–Trinajstić information content (AvgIpc) is 2.28. The van der Waals surface area contributed by atoms with Crippen LogP contribution in [0.25, 0.3) is 0 Å². The molecular formula is C10H10BrIO3S. The molecule has 0 fully saturated rings. The zero-order valence-corrected chi connectivity index (χ0v) is 13.0. The van der Waals surface area contributed by atoms with Crippen LogP contribution in [0.4, 0.5) is 0 Å². The number of hydrogen-bond acceptors (Lipinski definition) is 3. The van der Waals surface area contributed by atoms with E-state index in [0.717, 1.165) is 4.47 Å². The van der Waals surface area contributed by atoms with Crippen molar-refractivity contribution in [3.63, 3.8) is 0 Å². The van der Waals surface area contributed by atoms with E-state index in [-0.39, 0.29) is 11.5 Å². The summed E-state index contributed by atoms with van der Waals surface area (Å²) in [5.41, 5.74) is 0.416. The summed E-state index contributed by atoms with van der Waals surface area (Å²) in [5.74, 6) is -0.391. The summed E-state index contributed by atoms with van der Waals surface area (Å²) in [6.45, 7) is 1.54. The van der Waals surface area contributed by atoms with E-state index in [4.69, 9.17) is 0 Å². The Bertz CT molecular complexity index is 481. The topological polar surface area (TPSA) is 51.2 Å². The normalized spacial score (nSPS) is 13.4. The predicted molar refractivity (Wildman–Crippen MR) is 75.7 cm³/mol. The van der Waals surface area contributed by atoms with Gasteiger partial charge in [0.15, 0.2) is 18.9 Å². The van der Waals surface area contributed by atoms with Crippen LogP contribution in [-0.2, 0) is 9.84 Å². The molecule has 1 atom stereocenters. The molecule has 1 rings (SSSR count). The van der Waals surface area contributed by atoms with Gasteiger partial charge in [-0.25, -0.2) is 8.42 Å². The van der Waals surface area contributed by atoms with Crippen LogP contribution in [0, 0.1) is 0 Å². The van der Waals surface area contributed by atoms with Gasteiger partial charge in [0.2, 0.25) is 0 Å². The van der Waals surface area contributed by atoms with Crippen molar-refractivity contribution in [3.05, 3.63) is 34.3 Å². The molecular weight excluding hydrogens is 407 g/mol. The number of halogens is 2. The number of benzene rings is 1. The maximum atomic E-state index is 11.9. The van der Waals surface area contributed by atoms with Crippen molar-refractivity contribution in [1.82, 2.24) is 0 Å². The first-order chi connectivity index (χ1) is 7.38. The van der Waals surface area contributed by atoms with Gasteiger partial charge in [0.25, 0.3) is 0 Å². The fraction of sp³-hybridized carbons (Fsp3) is 0.300. The largest absolute Gasteiger partial charge is 0.292 e. The van der Waals surface area contributed by atoms with Gasteiger partial charge in [0, 0.05) is 15.8 Å². The lowest BCUT2D eigenvalue weighted by atomic mass is 10.2. The van der Waals surface area contributed by atoms with Crippen LogP contribution in [0.2, 0.25) is 0 Å². The van der Waals surface area contributed by atoms with Crippen LogP contribution in [0.15, 0.2) is 28.7 Å². The van der Waals surface area contributed by atoms with Gasteiger partial charge in [-0.2, -0.15) is 0 Å². The Hall–Kier alpha value is 0.0500. The third-order valence-corrected chi connectivity index (χ3v) is 7.12. The molecule has 0 amide bonds.